The topological polar surface area (TPSA) is 72.7 Å². The van der Waals surface area contributed by atoms with E-state index in [0.29, 0.717) is 22.0 Å². The molecule has 0 aliphatic carbocycles. The highest BCUT2D eigenvalue weighted by Gasteiger charge is 2.17. The maximum atomic E-state index is 9.58. The summed E-state index contributed by atoms with van der Waals surface area (Å²) >= 11 is 6.49. The van der Waals surface area contributed by atoms with Crippen LogP contribution in [0.2, 0.25) is 0 Å². The largest absolute Gasteiger partial charge is 0.506 e. The van der Waals surface area contributed by atoms with Gasteiger partial charge in [0.1, 0.15) is 5.75 Å². The SMILES string of the molecule is CC(O)(CO)CNCc1cc(Br)c(O)c(Br)c1. The van der Waals surface area contributed by atoms with Crippen LogP contribution in [0.25, 0.3) is 0 Å². The number of hydrogen-bond acceptors (Lipinski definition) is 4. The Balaban J connectivity index is 2.59. The number of phenols is 1. The van der Waals surface area contributed by atoms with Gasteiger partial charge < -0.3 is 20.6 Å². The second-order valence-corrected chi connectivity index (χ2v) is 5.88. The number of aliphatic hydroxyl groups is 2. The predicted octanol–water partition coefficient (Wildman–Crippen LogP) is 1.75. The van der Waals surface area contributed by atoms with E-state index in [1.165, 1.54) is 0 Å². The zero-order valence-electron chi connectivity index (χ0n) is 9.37. The van der Waals surface area contributed by atoms with Crippen molar-refractivity contribution >= 4 is 31.9 Å². The van der Waals surface area contributed by atoms with Crippen molar-refractivity contribution in [2.45, 2.75) is 19.1 Å². The van der Waals surface area contributed by atoms with Crippen molar-refractivity contribution in [1.29, 1.82) is 0 Å². The van der Waals surface area contributed by atoms with Crippen LogP contribution in [-0.4, -0.2) is 34.1 Å². The summed E-state index contributed by atoms with van der Waals surface area (Å²) < 4.78 is 1.22. The van der Waals surface area contributed by atoms with Crippen molar-refractivity contribution in [3.05, 3.63) is 26.6 Å². The van der Waals surface area contributed by atoms with E-state index in [9.17, 15) is 10.2 Å². The zero-order valence-corrected chi connectivity index (χ0v) is 12.5. The van der Waals surface area contributed by atoms with Crippen molar-refractivity contribution in [2.75, 3.05) is 13.2 Å². The van der Waals surface area contributed by atoms with E-state index in [4.69, 9.17) is 5.11 Å². The highest BCUT2D eigenvalue weighted by atomic mass is 79.9. The van der Waals surface area contributed by atoms with Crippen LogP contribution in [0.1, 0.15) is 12.5 Å². The van der Waals surface area contributed by atoms with Gasteiger partial charge in [0.25, 0.3) is 0 Å². The third-order valence-corrected chi connectivity index (χ3v) is 3.46. The second-order valence-electron chi connectivity index (χ2n) is 4.17. The molecule has 1 unspecified atom stereocenters. The molecule has 1 aromatic rings. The molecule has 1 atom stereocenters. The number of benzene rings is 1. The molecule has 96 valence electrons. The van der Waals surface area contributed by atoms with E-state index in [0.717, 1.165) is 5.56 Å². The van der Waals surface area contributed by atoms with E-state index in [1.54, 1.807) is 19.1 Å². The Morgan fingerprint density at radius 2 is 1.82 bits per heavy atom. The molecule has 0 aliphatic heterocycles. The maximum Gasteiger partial charge on any atom is 0.143 e. The highest BCUT2D eigenvalue weighted by Crippen LogP contribution is 2.33. The number of nitrogens with one attached hydrogen (secondary N) is 1. The Labute approximate surface area is 117 Å². The van der Waals surface area contributed by atoms with Gasteiger partial charge in [-0.25, -0.2) is 0 Å². The van der Waals surface area contributed by atoms with Crippen LogP contribution in [-0.2, 0) is 6.54 Å². The van der Waals surface area contributed by atoms with E-state index in [1.807, 2.05) is 0 Å². The number of rotatable bonds is 5. The monoisotopic (exact) mass is 367 g/mol. The lowest BCUT2D eigenvalue weighted by Crippen LogP contribution is -2.40. The van der Waals surface area contributed by atoms with Crippen LogP contribution in [0.4, 0.5) is 0 Å². The molecular formula is C11H15Br2NO3. The van der Waals surface area contributed by atoms with Crippen LogP contribution in [0, 0.1) is 0 Å². The molecule has 0 saturated heterocycles. The number of hydrogen-bond donors (Lipinski definition) is 4. The Morgan fingerprint density at radius 1 is 1.29 bits per heavy atom. The minimum absolute atomic E-state index is 0.163. The summed E-state index contributed by atoms with van der Waals surface area (Å²) in [7, 11) is 0. The van der Waals surface area contributed by atoms with Crippen LogP contribution >= 0.6 is 31.9 Å². The first kappa shape index (κ1) is 14.9. The predicted molar refractivity (Wildman–Crippen MR) is 72.9 cm³/mol. The van der Waals surface area contributed by atoms with Gasteiger partial charge in [-0.05, 0) is 56.5 Å². The normalized spacial score (nSPS) is 14.6. The molecule has 0 amide bonds. The average Bonchev–Trinajstić information content (AvgIpc) is 2.25. The van der Waals surface area contributed by atoms with Gasteiger partial charge in [-0.3, -0.25) is 0 Å². The van der Waals surface area contributed by atoms with Crippen molar-refractivity contribution in [3.63, 3.8) is 0 Å². The van der Waals surface area contributed by atoms with Gasteiger partial charge in [-0.1, -0.05) is 0 Å². The van der Waals surface area contributed by atoms with E-state index in [-0.39, 0.29) is 12.4 Å². The summed E-state index contributed by atoms with van der Waals surface area (Å²) in [6.45, 7) is 2.10. The maximum absolute atomic E-state index is 9.58. The third-order valence-electron chi connectivity index (χ3n) is 2.25. The number of aliphatic hydroxyl groups excluding tert-OH is 1. The van der Waals surface area contributed by atoms with E-state index in [2.05, 4.69) is 37.2 Å². The average molecular weight is 369 g/mol. The van der Waals surface area contributed by atoms with Gasteiger partial charge in [-0.2, -0.15) is 0 Å². The van der Waals surface area contributed by atoms with Crippen LogP contribution in [0.5, 0.6) is 5.75 Å². The van der Waals surface area contributed by atoms with Crippen LogP contribution in [0.15, 0.2) is 21.1 Å². The summed E-state index contributed by atoms with van der Waals surface area (Å²) in [5, 5.41) is 31.0. The zero-order chi connectivity index (χ0) is 13.1. The first-order valence-electron chi connectivity index (χ1n) is 5.06. The first-order valence-corrected chi connectivity index (χ1v) is 6.65. The molecule has 0 heterocycles. The molecule has 0 aliphatic rings. The van der Waals surface area contributed by atoms with Crippen molar-refractivity contribution < 1.29 is 15.3 Å². The van der Waals surface area contributed by atoms with Gasteiger partial charge in [-0.15, -0.1) is 0 Å². The Hall–Kier alpha value is -0.140. The molecule has 4 N–H and O–H groups in total. The number of aromatic hydroxyl groups is 1. The molecule has 0 radical (unpaired) electrons. The van der Waals surface area contributed by atoms with Crippen LogP contribution in [0.3, 0.4) is 0 Å². The highest BCUT2D eigenvalue weighted by molar-refractivity contribution is 9.11. The third kappa shape index (κ3) is 4.56. The molecule has 6 heteroatoms. The fraction of sp³-hybridized carbons (Fsp3) is 0.455. The molecule has 0 aromatic heterocycles. The Kier molecular flexibility index (Phi) is 5.40. The Morgan fingerprint density at radius 3 is 2.29 bits per heavy atom. The smallest absolute Gasteiger partial charge is 0.143 e. The molecule has 0 bridgehead atoms. The lowest BCUT2D eigenvalue weighted by Gasteiger charge is -2.20. The molecule has 0 fully saturated rings. The minimum atomic E-state index is -1.12. The summed E-state index contributed by atoms with van der Waals surface area (Å²) in [5.41, 5.74) is -0.166. The lowest BCUT2D eigenvalue weighted by atomic mass is 10.1. The molecular weight excluding hydrogens is 354 g/mol. The van der Waals surface area contributed by atoms with Crippen molar-refractivity contribution in [3.8, 4) is 5.75 Å². The van der Waals surface area contributed by atoms with Crippen molar-refractivity contribution in [2.24, 2.45) is 0 Å². The molecule has 1 rings (SSSR count). The summed E-state index contributed by atoms with van der Waals surface area (Å²) in [6, 6.07) is 3.58. The molecule has 0 spiro atoms. The van der Waals surface area contributed by atoms with E-state index >= 15 is 0 Å². The summed E-state index contributed by atoms with van der Waals surface area (Å²) in [5.74, 6) is 0.163. The van der Waals surface area contributed by atoms with Gasteiger partial charge in [0.05, 0.1) is 21.2 Å². The molecule has 1 aromatic carbocycles. The molecule has 0 saturated carbocycles. The fourth-order valence-electron chi connectivity index (χ4n) is 1.25. The number of phenolic OH excluding ortho intramolecular Hbond substituents is 1. The summed E-state index contributed by atoms with van der Waals surface area (Å²) in [6.07, 6.45) is 0. The van der Waals surface area contributed by atoms with Gasteiger partial charge >= 0.3 is 0 Å². The standard InChI is InChI=1S/C11H15Br2NO3/c1-11(17,6-15)5-14-4-7-2-8(12)10(16)9(13)3-7/h2-3,14-17H,4-6H2,1H3. The lowest BCUT2D eigenvalue weighted by molar-refractivity contribution is 0.00253. The quantitative estimate of drug-likeness (QED) is 0.639. The fourth-order valence-corrected chi connectivity index (χ4v) is 2.53. The minimum Gasteiger partial charge on any atom is -0.506 e. The molecule has 4 nitrogen and oxygen atoms in total. The second kappa shape index (κ2) is 6.15. The van der Waals surface area contributed by atoms with Crippen molar-refractivity contribution in [1.82, 2.24) is 5.32 Å². The van der Waals surface area contributed by atoms with Crippen LogP contribution < -0.4 is 5.32 Å². The number of halogens is 2. The Bertz CT molecular complexity index is 373. The van der Waals surface area contributed by atoms with Gasteiger partial charge in [0, 0.05) is 13.1 Å². The van der Waals surface area contributed by atoms with E-state index < -0.39 is 5.60 Å². The molecule has 17 heavy (non-hydrogen) atoms. The summed E-state index contributed by atoms with van der Waals surface area (Å²) in [4.78, 5) is 0. The van der Waals surface area contributed by atoms with Gasteiger partial charge in [0.2, 0.25) is 0 Å². The van der Waals surface area contributed by atoms with Gasteiger partial charge in [0.15, 0.2) is 0 Å². The first-order chi connectivity index (χ1) is 7.85.